The highest BCUT2D eigenvalue weighted by atomic mass is 16.5. The van der Waals surface area contributed by atoms with Crippen molar-refractivity contribution in [3.8, 4) is 5.75 Å². The number of aliphatic hydroxyl groups excluding tert-OH is 2. The van der Waals surface area contributed by atoms with Crippen LogP contribution in [0.25, 0.3) is 0 Å². The Balaban J connectivity index is 1.92. The first-order valence-corrected chi connectivity index (χ1v) is 9.87. The Morgan fingerprint density at radius 1 is 1.22 bits per heavy atom. The maximum Gasteiger partial charge on any atom is 0.252 e. The molecule has 0 aliphatic carbocycles. The fourth-order valence-corrected chi connectivity index (χ4v) is 3.56. The molecule has 0 spiro atoms. The summed E-state index contributed by atoms with van der Waals surface area (Å²) < 4.78 is 5.91. The summed E-state index contributed by atoms with van der Waals surface area (Å²) in [6.45, 7) is 7.63. The zero-order valence-electron chi connectivity index (χ0n) is 16.8. The number of hydrogen-bond acceptors (Lipinski definition) is 5. The molecule has 1 aliphatic rings. The van der Waals surface area contributed by atoms with E-state index in [-0.39, 0.29) is 19.1 Å². The first-order chi connectivity index (χ1) is 12.9. The second kappa shape index (κ2) is 10.1. The largest absolute Gasteiger partial charge is 0.494 e. The van der Waals surface area contributed by atoms with Gasteiger partial charge in [-0.3, -0.25) is 4.79 Å². The summed E-state index contributed by atoms with van der Waals surface area (Å²) in [7, 11) is 0. The molecule has 0 radical (unpaired) electrons. The minimum atomic E-state index is -1.04. The van der Waals surface area contributed by atoms with Crippen LogP contribution in [0, 0.1) is 19.8 Å². The molecule has 1 aromatic rings. The second-order valence-electron chi connectivity index (χ2n) is 7.95. The summed E-state index contributed by atoms with van der Waals surface area (Å²) in [6, 6.07) is 3.75. The highest BCUT2D eigenvalue weighted by Crippen LogP contribution is 2.24. The Labute approximate surface area is 162 Å². The summed E-state index contributed by atoms with van der Waals surface area (Å²) in [5.41, 5.74) is 1.16. The Morgan fingerprint density at radius 2 is 1.81 bits per heavy atom. The number of nitrogens with one attached hydrogen (secondary N) is 2. The van der Waals surface area contributed by atoms with Gasteiger partial charge in [0, 0.05) is 5.56 Å². The molecular formula is C21H34N2O4. The standard InChI is InChI=1S/C21H34N2O4/c1-15-11-18(27-10-4-5-17-6-8-22-9-7-17)12-16(2)19(15)20(26)23-21(3,13-24)14-25/h11-12,17,22,24-25H,4-10,13-14H2,1-3H3,(H,23,26). The van der Waals surface area contributed by atoms with Gasteiger partial charge in [-0.05, 0) is 88.7 Å². The predicted molar refractivity (Wildman–Crippen MR) is 106 cm³/mol. The third-order valence-electron chi connectivity index (χ3n) is 5.33. The first-order valence-electron chi connectivity index (χ1n) is 9.87. The van der Waals surface area contributed by atoms with E-state index in [4.69, 9.17) is 4.74 Å². The molecule has 0 saturated carbocycles. The van der Waals surface area contributed by atoms with Crippen molar-refractivity contribution >= 4 is 5.91 Å². The van der Waals surface area contributed by atoms with Gasteiger partial charge in [0.05, 0.1) is 25.4 Å². The van der Waals surface area contributed by atoms with Crippen LogP contribution in [0.1, 0.15) is 54.1 Å². The van der Waals surface area contributed by atoms with Gasteiger partial charge in [-0.15, -0.1) is 0 Å². The average molecular weight is 379 g/mol. The smallest absolute Gasteiger partial charge is 0.252 e. The number of amides is 1. The van der Waals surface area contributed by atoms with Gasteiger partial charge < -0.3 is 25.6 Å². The van der Waals surface area contributed by atoms with E-state index in [2.05, 4.69) is 10.6 Å². The van der Waals surface area contributed by atoms with E-state index in [1.54, 1.807) is 6.92 Å². The fraction of sp³-hybridized carbons (Fsp3) is 0.667. The molecule has 0 unspecified atom stereocenters. The van der Waals surface area contributed by atoms with Gasteiger partial charge in [0.15, 0.2) is 0 Å². The number of aryl methyl sites for hydroxylation is 2. The number of ether oxygens (including phenoxy) is 1. The van der Waals surface area contributed by atoms with Crippen molar-refractivity contribution < 1.29 is 19.7 Å². The maximum atomic E-state index is 12.6. The summed E-state index contributed by atoms with van der Waals surface area (Å²) >= 11 is 0. The molecule has 1 heterocycles. The lowest BCUT2D eigenvalue weighted by molar-refractivity contribution is 0.0722. The molecule has 1 aromatic carbocycles. The lowest BCUT2D eigenvalue weighted by atomic mass is 9.93. The van der Waals surface area contributed by atoms with Crippen molar-refractivity contribution in [2.24, 2.45) is 5.92 Å². The highest BCUT2D eigenvalue weighted by molar-refractivity contribution is 5.97. The van der Waals surface area contributed by atoms with Gasteiger partial charge in [0.25, 0.3) is 5.91 Å². The predicted octanol–water partition coefficient (Wildman–Crippen LogP) is 1.94. The summed E-state index contributed by atoms with van der Waals surface area (Å²) in [5, 5.41) is 24.9. The van der Waals surface area contributed by atoms with Crippen LogP contribution < -0.4 is 15.4 Å². The van der Waals surface area contributed by atoms with Gasteiger partial charge >= 0.3 is 0 Å². The maximum absolute atomic E-state index is 12.6. The number of rotatable bonds is 9. The number of hydrogen-bond donors (Lipinski definition) is 4. The summed E-state index contributed by atoms with van der Waals surface area (Å²) in [5.74, 6) is 1.28. The number of piperidine rings is 1. The van der Waals surface area contributed by atoms with Crippen LogP contribution in [0.3, 0.4) is 0 Å². The molecule has 0 bridgehead atoms. The van der Waals surface area contributed by atoms with E-state index < -0.39 is 5.54 Å². The molecule has 1 amide bonds. The fourth-order valence-electron chi connectivity index (χ4n) is 3.56. The number of aliphatic hydroxyl groups is 2. The minimum Gasteiger partial charge on any atom is -0.494 e. The second-order valence-corrected chi connectivity index (χ2v) is 7.95. The van der Waals surface area contributed by atoms with E-state index in [0.29, 0.717) is 12.2 Å². The Morgan fingerprint density at radius 3 is 2.37 bits per heavy atom. The van der Waals surface area contributed by atoms with Crippen molar-refractivity contribution in [2.75, 3.05) is 32.9 Å². The quantitative estimate of drug-likeness (QED) is 0.493. The Bertz CT molecular complexity index is 600. The lowest BCUT2D eigenvalue weighted by Gasteiger charge is -2.27. The molecule has 4 N–H and O–H groups in total. The van der Waals surface area contributed by atoms with Crippen molar-refractivity contribution in [3.05, 3.63) is 28.8 Å². The van der Waals surface area contributed by atoms with Crippen LogP contribution in [0.15, 0.2) is 12.1 Å². The van der Waals surface area contributed by atoms with E-state index in [0.717, 1.165) is 42.3 Å². The zero-order valence-corrected chi connectivity index (χ0v) is 16.8. The van der Waals surface area contributed by atoms with Crippen LogP contribution in [0.4, 0.5) is 0 Å². The molecule has 1 aliphatic heterocycles. The average Bonchev–Trinajstić information content (AvgIpc) is 2.65. The molecule has 27 heavy (non-hydrogen) atoms. The lowest BCUT2D eigenvalue weighted by Crippen LogP contribution is -2.52. The van der Waals surface area contributed by atoms with E-state index in [9.17, 15) is 15.0 Å². The minimum absolute atomic E-state index is 0.298. The number of carbonyl (C=O) groups is 1. The molecule has 2 rings (SSSR count). The number of carbonyl (C=O) groups excluding carboxylic acids is 1. The van der Waals surface area contributed by atoms with Crippen molar-refractivity contribution in [3.63, 3.8) is 0 Å². The van der Waals surface area contributed by atoms with E-state index in [1.165, 1.54) is 19.3 Å². The molecular weight excluding hydrogens is 344 g/mol. The SMILES string of the molecule is Cc1cc(OCCCC2CCNCC2)cc(C)c1C(=O)NC(C)(CO)CO. The molecule has 0 atom stereocenters. The van der Waals surface area contributed by atoms with Crippen molar-refractivity contribution in [1.29, 1.82) is 0 Å². The first kappa shape index (κ1) is 21.7. The molecule has 152 valence electrons. The van der Waals surface area contributed by atoms with E-state index in [1.807, 2.05) is 26.0 Å². The molecule has 6 nitrogen and oxygen atoms in total. The van der Waals surface area contributed by atoms with E-state index >= 15 is 0 Å². The monoisotopic (exact) mass is 378 g/mol. The van der Waals surface area contributed by atoms with Gasteiger partial charge in [0.1, 0.15) is 5.75 Å². The van der Waals surface area contributed by atoms with Crippen molar-refractivity contribution in [2.45, 2.75) is 52.0 Å². The Hall–Kier alpha value is -1.63. The normalized spacial score (nSPS) is 15.6. The zero-order chi connectivity index (χ0) is 19.9. The third-order valence-corrected chi connectivity index (χ3v) is 5.33. The Kier molecular flexibility index (Phi) is 8.07. The molecule has 1 saturated heterocycles. The van der Waals surface area contributed by atoms with Gasteiger partial charge in [-0.2, -0.15) is 0 Å². The van der Waals surface area contributed by atoms with Crippen molar-refractivity contribution in [1.82, 2.24) is 10.6 Å². The van der Waals surface area contributed by atoms with Crippen LogP contribution in [0.2, 0.25) is 0 Å². The summed E-state index contributed by atoms with van der Waals surface area (Å²) in [4.78, 5) is 12.6. The van der Waals surface area contributed by atoms with Gasteiger partial charge in [-0.1, -0.05) is 0 Å². The third kappa shape index (κ3) is 6.19. The van der Waals surface area contributed by atoms with Crippen LogP contribution >= 0.6 is 0 Å². The van der Waals surface area contributed by atoms with Gasteiger partial charge in [-0.25, -0.2) is 0 Å². The van der Waals surface area contributed by atoms with Crippen LogP contribution in [-0.2, 0) is 0 Å². The van der Waals surface area contributed by atoms with Gasteiger partial charge in [0.2, 0.25) is 0 Å². The van der Waals surface area contributed by atoms with Crippen LogP contribution in [0.5, 0.6) is 5.75 Å². The number of benzene rings is 1. The highest BCUT2D eigenvalue weighted by Gasteiger charge is 2.26. The molecule has 0 aromatic heterocycles. The molecule has 1 fully saturated rings. The topological polar surface area (TPSA) is 90.8 Å². The summed E-state index contributed by atoms with van der Waals surface area (Å²) in [6.07, 6.45) is 4.74. The van der Waals surface area contributed by atoms with Crippen LogP contribution in [-0.4, -0.2) is 54.6 Å². The molecule has 6 heteroatoms.